The van der Waals surface area contributed by atoms with Gasteiger partial charge in [0.15, 0.2) is 0 Å². The fourth-order valence-corrected chi connectivity index (χ4v) is 1.77. The number of ether oxygens (including phenoxy) is 1. The molecule has 21 heavy (non-hydrogen) atoms. The normalized spacial score (nSPS) is 15.8. The van der Waals surface area contributed by atoms with E-state index >= 15 is 0 Å². The molecule has 8 heteroatoms. The number of rotatable bonds is 7. The Bertz CT molecular complexity index is 346. The molecule has 0 aromatic rings. The zero-order valence-electron chi connectivity index (χ0n) is 12.9. The van der Waals surface area contributed by atoms with Gasteiger partial charge in [-0.05, 0) is 27.7 Å². The number of carbonyl (C=O) groups is 2. The van der Waals surface area contributed by atoms with E-state index in [1.807, 2.05) is 22.6 Å². The lowest BCUT2D eigenvalue weighted by Crippen LogP contribution is -2.52. The van der Waals surface area contributed by atoms with Crippen LogP contribution in [0.1, 0.15) is 34.1 Å². The maximum atomic E-state index is 12.1. The second kappa shape index (κ2) is 9.42. The molecule has 2 amide bonds. The van der Waals surface area contributed by atoms with Crippen LogP contribution in [0.3, 0.4) is 0 Å². The van der Waals surface area contributed by atoms with Crippen LogP contribution in [-0.2, 0) is 9.53 Å². The minimum Gasteiger partial charge on any atom is -0.444 e. The fourth-order valence-electron chi connectivity index (χ4n) is 1.41. The van der Waals surface area contributed by atoms with Crippen molar-refractivity contribution in [3.05, 3.63) is 0 Å². The molecule has 0 bridgehead atoms. The quantitative estimate of drug-likeness (QED) is 0.359. The molecule has 0 aliphatic carbocycles. The van der Waals surface area contributed by atoms with Crippen LogP contribution in [-0.4, -0.2) is 57.0 Å². The number of hydrogen-bond acceptors (Lipinski definition) is 5. The Labute approximate surface area is 139 Å². The molecule has 0 saturated heterocycles. The maximum absolute atomic E-state index is 12.1. The van der Waals surface area contributed by atoms with E-state index in [4.69, 9.17) is 9.84 Å². The second-order valence-corrected chi connectivity index (χ2v) is 6.72. The predicted octanol–water partition coefficient (Wildman–Crippen LogP) is 0.563. The molecular weight excluding hydrogens is 391 g/mol. The standard InChI is InChI=1S/C13H25IN2O5/c1-8(7-17)15-11(19)10(5-9(18)6-14)16-12(20)21-13(2,3)4/h8-10,17-18H,5-7H2,1-4H3,(H,15,19)(H,16,20)/t8-,9+,10-/m0/s1. The van der Waals surface area contributed by atoms with Gasteiger partial charge in [0.1, 0.15) is 11.6 Å². The van der Waals surface area contributed by atoms with Gasteiger partial charge >= 0.3 is 6.09 Å². The van der Waals surface area contributed by atoms with Gasteiger partial charge in [0.25, 0.3) is 0 Å². The monoisotopic (exact) mass is 416 g/mol. The first-order valence-electron chi connectivity index (χ1n) is 6.73. The molecule has 0 aliphatic heterocycles. The molecule has 0 rings (SSSR count). The SMILES string of the molecule is C[C@@H](CO)NC(=O)[C@H](C[C@@H](O)CI)NC(=O)OC(C)(C)C. The van der Waals surface area contributed by atoms with Crippen molar-refractivity contribution in [2.75, 3.05) is 11.0 Å². The van der Waals surface area contributed by atoms with Crippen LogP contribution in [0.15, 0.2) is 0 Å². The van der Waals surface area contributed by atoms with E-state index in [2.05, 4.69) is 10.6 Å². The van der Waals surface area contributed by atoms with Crippen LogP contribution in [0.4, 0.5) is 4.79 Å². The van der Waals surface area contributed by atoms with Gasteiger partial charge in [0, 0.05) is 16.9 Å². The number of amides is 2. The first-order chi connectivity index (χ1) is 9.58. The summed E-state index contributed by atoms with van der Waals surface area (Å²) in [6, 6.07) is -1.35. The summed E-state index contributed by atoms with van der Waals surface area (Å²) in [5.74, 6) is -0.466. The van der Waals surface area contributed by atoms with E-state index in [0.717, 1.165) is 0 Å². The van der Waals surface area contributed by atoms with Crippen LogP contribution in [0, 0.1) is 0 Å². The summed E-state index contributed by atoms with van der Waals surface area (Å²) in [4.78, 5) is 23.8. The molecule has 0 aromatic heterocycles. The van der Waals surface area contributed by atoms with E-state index in [1.165, 1.54) is 0 Å². The molecule has 7 nitrogen and oxygen atoms in total. The third-order valence-corrected chi connectivity index (χ3v) is 3.37. The maximum Gasteiger partial charge on any atom is 0.408 e. The smallest absolute Gasteiger partial charge is 0.408 e. The van der Waals surface area contributed by atoms with Crippen LogP contribution in [0.2, 0.25) is 0 Å². The van der Waals surface area contributed by atoms with E-state index in [1.54, 1.807) is 27.7 Å². The van der Waals surface area contributed by atoms with Crippen LogP contribution < -0.4 is 10.6 Å². The summed E-state index contributed by atoms with van der Waals surface area (Å²) < 4.78 is 5.54. The highest BCUT2D eigenvalue weighted by Gasteiger charge is 2.27. The fraction of sp³-hybridized carbons (Fsp3) is 0.846. The lowest BCUT2D eigenvalue weighted by Gasteiger charge is -2.25. The molecule has 0 spiro atoms. The lowest BCUT2D eigenvalue weighted by atomic mass is 10.1. The third-order valence-electron chi connectivity index (χ3n) is 2.36. The summed E-state index contributed by atoms with van der Waals surface area (Å²) in [6.07, 6.45) is -1.37. The summed E-state index contributed by atoms with van der Waals surface area (Å²) in [7, 11) is 0. The summed E-state index contributed by atoms with van der Waals surface area (Å²) in [6.45, 7) is 6.58. The topological polar surface area (TPSA) is 108 Å². The summed E-state index contributed by atoms with van der Waals surface area (Å²) >= 11 is 1.99. The van der Waals surface area contributed by atoms with Crippen LogP contribution in [0.25, 0.3) is 0 Å². The van der Waals surface area contributed by atoms with Crippen molar-refractivity contribution in [3.63, 3.8) is 0 Å². The van der Waals surface area contributed by atoms with Crippen molar-refractivity contribution in [1.29, 1.82) is 0 Å². The van der Waals surface area contributed by atoms with Crippen molar-refractivity contribution in [1.82, 2.24) is 10.6 Å². The van der Waals surface area contributed by atoms with Gasteiger partial charge in [-0.1, -0.05) is 22.6 Å². The molecule has 0 heterocycles. The number of alkyl halides is 1. The van der Waals surface area contributed by atoms with Crippen LogP contribution >= 0.6 is 22.6 Å². The Morgan fingerprint density at radius 2 is 1.86 bits per heavy atom. The van der Waals surface area contributed by atoms with Gasteiger partial charge in [0.2, 0.25) is 5.91 Å². The Hall–Kier alpha value is -0.610. The number of nitrogens with one attached hydrogen (secondary N) is 2. The zero-order valence-corrected chi connectivity index (χ0v) is 15.0. The van der Waals surface area contributed by atoms with E-state index < -0.39 is 35.8 Å². The molecule has 0 aliphatic rings. The largest absolute Gasteiger partial charge is 0.444 e. The molecule has 124 valence electrons. The number of aliphatic hydroxyl groups is 2. The van der Waals surface area contributed by atoms with E-state index in [9.17, 15) is 14.7 Å². The highest BCUT2D eigenvalue weighted by atomic mass is 127. The molecule has 4 N–H and O–H groups in total. The molecule has 0 saturated carbocycles. The van der Waals surface area contributed by atoms with Crippen molar-refractivity contribution in [2.24, 2.45) is 0 Å². The van der Waals surface area contributed by atoms with Crippen molar-refractivity contribution in [2.45, 2.75) is 57.9 Å². The number of aliphatic hydroxyl groups excluding tert-OH is 2. The van der Waals surface area contributed by atoms with Crippen molar-refractivity contribution >= 4 is 34.6 Å². The lowest BCUT2D eigenvalue weighted by molar-refractivity contribution is -0.124. The van der Waals surface area contributed by atoms with Gasteiger partial charge in [-0.15, -0.1) is 0 Å². The van der Waals surface area contributed by atoms with Gasteiger partial charge < -0.3 is 25.6 Å². The summed E-state index contributed by atoms with van der Waals surface area (Å²) in [5.41, 5.74) is -0.675. The average molecular weight is 416 g/mol. The number of halogens is 1. The molecular formula is C13H25IN2O5. The van der Waals surface area contributed by atoms with E-state index in [0.29, 0.717) is 4.43 Å². The predicted molar refractivity (Wildman–Crippen MR) is 87.4 cm³/mol. The average Bonchev–Trinajstić information content (AvgIpc) is 2.35. The van der Waals surface area contributed by atoms with Gasteiger partial charge in [0.05, 0.1) is 12.7 Å². The van der Waals surface area contributed by atoms with Gasteiger partial charge in [-0.3, -0.25) is 4.79 Å². The Balaban J connectivity index is 4.73. The first-order valence-corrected chi connectivity index (χ1v) is 8.26. The van der Waals surface area contributed by atoms with Gasteiger partial charge in [-0.25, -0.2) is 4.79 Å². The van der Waals surface area contributed by atoms with Crippen LogP contribution in [0.5, 0.6) is 0 Å². The van der Waals surface area contributed by atoms with Crippen molar-refractivity contribution < 1.29 is 24.5 Å². The number of alkyl carbamates (subject to hydrolysis) is 1. The number of hydrogen-bond donors (Lipinski definition) is 4. The third kappa shape index (κ3) is 9.86. The summed E-state index contributed by atoms with van der Waals surface area (Å²) in [5, 5.41) is 23.6. The molecule has 0 radical (unpaired) electrons. The number of carbonyl (C=O) groups excluding carboxylic acids is 2. The Morgan fingerprint density at radius 3 is 2.29 bits per heavy atom. The zero-order chi connectivity index (χ0) is 16.6. The highest BCUT2D eigenvalue weighted by Crippen LogP contribution is 2.08. The Kier molecular flexibility index (Phi) is 9.14. The highest BCUT2D eigenvalue weighted by molar-refractivity contribution is 14.1. The molecule has 0 aromatic carbocycles. The molecule has 3 atom stereocenters. The van der Waals surface area contributed by atoms with E-state index in [-0.39, 0.29) is 13.0 Å². The molecule has 0 fully saturated rings. The minimum absolute atomic E-state index is 0.0756. The van der Waals surface area contributed by atoms with Crippen molar-refractivity contribution in [3.8, 4) is 0 Å². The Morgan fingerprint density at radius 1 is 1.29 bits per heavy atom. The second-order valence-electron chi connectivity index (χ2n) is 5.83. The molecule has 0 unspecified atom stereocenters. The first kappa shape index (κ1) is 20.4. The minimum atomic E-state index is -0.918. The van der Waals surface area contributed by atoms with Gasteiger partial charge in [-0.2, -0.15) is 0 Å².